The van der Waals surface area contributed by atoms with Gasteiger partial charge in [-0.15, -0.1) is 13.2 Å². The minimum absolute atomic E-state index is 0.107. The fraction of sp³-hybridized carbons (Fsp3) is 0.280. The molecule has 9 heteroatoms. The van der Waals surface area contributed by atoms with Gasteiger partial charge in [-0.25, -0.2) is 8.42 Å². The molecule has 2 N–H and O–H groups in total. The molecule has 0 unspecified atom stereocenters. The second-order valence-corrected chi connectivity index (χ2v) is 9.93. The number of aliphatic hydroxyl groups excluding tert-OH is 1. The van der Waals surface area contributed by atoms with Crippen molar-refractivity contribution >= 4 is 15.5 Å². The number of aliphatic hydroxyl groups is 1. The van der Waals surface area contributed by atoms with E-state index < -0.39 is 21.9 Å². The molecule has 3 aromatic carbocycles. The minimum atomic E-state index is -4.96. The quantitative estimate of drug-likeness (QED) is 0.410. The van der Waals surface area contributed by atoms with E-state index in [1.807, 2.05) is 24.3 Å². The number of hydrogen-bond donors (Lipinski definition) is 2. The Kier molecular flexibility index (Phi) is 7.89. The zero-order valence-corrected chi connectivity index (χ0v) is 19.6. The second kappa shape index (κ2) is 10.5. The average molecular weight is 494 g/mol. The van der Waals surface area contributed by atoms with Crippen LogP contribution in [0.2, 0.25) is 0 Å². The summed E-state index contributed by atoms with van der Waals surface area (Å²) in [5.41, 5.74) is 2.51. The van der Waals surface area contributed by atoms with E-state index in [2.05, 4.69) is 23.9 Å². The molecule has 0 amide bonds. The van der Waals surface area contributed by atoms with Crippen LogP contribution in [0.1, 0.15) is 36.5 Å². The Morgan fingerprint density at radius 2 is 1.65 bits per heavy atom. The maximum absolute atomic E-state index is 13.7. The van der Waals surface area contributed by atoms with Gasteiger partial charge in [-0.05, 0) is 53.3 Å². The van der Waals surface area contributed by atoms with Gasteiger partial charge in [0.15, 0.2) is 0 Å². The van der Waals surface area contributed by atoms with Gasteiger partial charge in [0.05, 0.1) is 22.1 Å². The summed E-state index contributed by atoms with van der Waals surface area (Å²) in [5.74, 6) is -0.294. The molecule has 0 aliphatic heterocycles. The molecule has 0 aliphatic rings. The van der Waals surface area contributed by atoms with Crippen LogP contribution in [-0.4, -0.2) is 33.0 Å². The molecule has 3 rings (SSSR count). The van der Waals surface area contributed by atoms with Crippen molar-refractivity contribution in [3.8, 4) is 5.75 Å². The Balaban J connectivity index is 2.10. The van der Waals surface area contributed by atoms with Crippen LogP contribution in [0.3, 0.4) is 0 Å². The second-order valence-electron chi connectivity index (χ2n) is 8.04. The van der Waals surface area contributed by atoms with Gasteiger partial charge in [0.1, 0.15) is 5.75 Å². The molecular weight excluding hydrogens is 467 g/mol. The van der Waals surface area contributed by atoms with E-state index in [0.29, 0.717) is 11.5 Å². The topological polar surface area (TPSA) is 75.6 Å². The van der Waals surface area contributed by atoms with E-state index >= 15 is 0 Å². The number of rotatable bonds is 9. The van der Waals surface area contributed by atoms with Gasteiger partial charge in [0.25, 0.3) is 0 Å². The first kappa shape index (κ1) is 25.6. The maximum Gasteiger partial charge on any atom is 0.573 e. The molecule has 0 bridgehead atoms. The molecule has 0 atom stereocenters. The predicted octanol–water partition coefficient (Wildman–Crippen LogP) is 5.54. The van der Waals surface area contributed by atoms with Crippen LogP contribution in [0.5, 0.6) is 5.75 Å². The normalized spacial score (nSPS) is 12.1. The Hall–Kier alpha value is -3.04. The van der Waals surface area contributed by atoms with Gasteiger partial charge in [-0.3, -0.25) is 0 Å². The highest BCUT2D eigenvalue weighted by molar-refractivity contribution is 7.91. The summed E-state index contributed by atoms with van der Waals surface area (Å²) in [5, 5.41) is 11.9. The first-order valence-electron chi connectivity index (χ1n) is 10.7. The largest absolute Gasteiger partial charge is 0.573 e. The first-order chi connectivity index (χ1) is 16.0. The Bertz CT molecular complexity index is 1220. The van der Waals surface area contributed by atoms with Gasteiger partial charge < -0.3 is 15.2 Å². The zero-order valence-electron chi connectivity index (χ0n) is 18.8. The Morgan fingerprint density at radius 3 is 2.26 bits per heavy atom. The summed E-state index contributed by atoms with van der Waals surface area (Å²) in [4.78, 5) is -0.385. The first-order valence-corrected chi connectivity index (χ1v) is 12.2. The van der Waals surface area contributed by atoms with Crippen LogP contribution >= 0.6 is 0 Å². The molecule has 5 nitrogen and oxygen atoms in total. The van der Waals surface area contributed by atoms with Crippen molar-refractivity contribution in [1.29, 1.82) is 0 Å². The molecule has 0 fully saturated rings. The smallest absolute Gasteiger partial charge is 0.406 e. The molecular formula is C25H26F3NO4S. The summed E-state index contributed by atoms with van der Waals surface area (Å²) >= 11 is 0. The molecule has 3 aromatic rings. The van der Waals surface area contributed by atoms with Gasteiger partial charge in [0, 0.05) is 6.54 Å². The fourth-order valence-electron chi connectivity index (χ4n) is 3.52. The standard InChI is InChI=1S/C25H26F3NO4S/c1-17(2)19-9-7-18(8-10-19)15-20-11-12-21(33-25(26,27)28)16-24(20)34(31,32)23-6-4-3-5-22(23)29-13-14-30/h3-12,16-17,29-30H,13-15H2,1-2H3. The van der Waals surface area contributed by atoms with Crippen molar-refractivity contribution in [3.63, 3.8) is 0 Å². The van der Waals surface area contributed by atoms with Crippen molar-refractivity contribution in [1.82, 2.24) is 0 Å². The number of anilines is 1. The van der Waals surface area contributed by atoms with Crippen molar-refractivity contribution in [2.24, 2.45) is 0 Å². The predicted molar refractivity (Wildman–Crippen MR) is 124 cm³/mol. The van der Waals surface area contributed by atoms with Crippen molar-refractivity contribution in [2.45, 2.75) is 42.3 Å². The molecule has 34 heavy (non-hydrogen) atoms. The molecule has 0 saturated heterocycles. The van der Waals surface area contributed by atoms with Crippen molar-refractivity contribution in [3.05, 3.63) is 83.4 Å². The van der Waals surface area contributed by atoms with Crippen LogP contribution in [0.25, 0.3) is 0 Å². The third-order valence-corrected chi connectivity index (χ3v) is 7.10. The number of benzene rings is 3. The summed E-state index contributed by atoms with van der Waals surface area (Å²) < 4.78 is 69.8. The van der Waals surface area contributed by atoms with Crippen molar-refractivity contribution < 1.29 is 31.4 Å². The lowest BCUT2D eigenvalue weighted by molar-refractivity contribution is -0.274. The van der Waals surface area contributed by atoms with Gasteiger partial charge in [-0.2, -0.15) is 0 Å². The summed E-state index contributed by atoms with van der Waals surface area (Å²) in [6, 6.07) is 17.1. The van der Waals surface area contributed by atoms with Gasteiger partial charge in [-0.1, -0.05) is 56.3 Å². The molecule has 0 heterocycles. The van der Waals surface area contributed by atoms with Crippen LogP contribution in [0, 0.1) is 0 Å². The Morgan fingerprint density at radius 1 is 0.971 bits per heavy atom. The van der Waals surface area contributed by atoms with Gasteiger partial charge in [0.2, 0.25) is 9.84 Å². The fourth-order valence-corrected chi connectivity index (χ4v) is 5.21. The van der Waals surface area contributed by atoms with E-state index in [9.17, 15) is 21.6 Å². The third-order valence-electron chi connectivity index (χ3n) is 5.21. The van der Waals surface area contributed by atoms with E-state index in [1.165, 1.54) is 24.3 Å². The Labute approximate surface area is 197 Å². The average Bonchev–Trinajstić information content (AvgIpc) is 2.78. The molecule has 0 aromatic heterocycles. The van der Waals surface area contributed by atoms with E-state index in [0.717, 1.165) is 23.3 Å². The number of alkyl halides is 3. The monoisotopic (exact) mass is 493 g/mol. The van der Waals surface area contributed by atoms with E-state index in [4.69, 9.17) is 5.11 Å². The number of nitrogens with one attached hydrogen (secondary N) is 1. The van der Waals surface area contributed by atoms with Crippen LogP contribution in [0.15, 0.2) is 76.5 Å². The highest BCUT2D eigenvalue weighted by atomic mass is 32.2. The lowest BCUT2D eigenvalue weighted by atomic mass is 9.99. The summed E-state index contributed by atoms with van der Waals surface area (Å²) in [7, 11) is -4.24. The van der Waals surface area contributed by atoms with Gasteiger partial charge >= 0.3 is 6.36 Å². The number of halogens is 3. The number of hydrogen-bond acceptors (Lipinski definition) is 5. The lowest BCUT2D eigenvalue weighted by Gasteiger charge is -2.17. The third kappa shape index (κ3) is 6.30. The highest BCUT2D eigenvalue weighted by Gasteiger charge is 2.32. The highest BCUT2D eigenvalue weighted by Crippen LogP contribution is 2.34. The van der Waals surface area contributed by atoms with E-state index in [-0.39, 0.29) is 35.1 Å². The van der Waals surface area contributed by atoms with Crippen molar-refractivity contribution in [2.75, 3.05) is 18.5 Å². The molecule has 182 valence electrons. The molecule has 0 spiro atoms. The molecule has 0 radical (unpaired) electrons. The number of para-hydroxylation sites is 1. The lowest BCUT2D eigenvalue weighted by Crippen LogP contribution is -2.18. The SMILES string of the molecule is CC(C)c1ccc(Cc2ccc(OC(F)(F)F)cc2S(=O)(=O)c2ccccc2NCCO)cc1. The summed E-state index contributed by atoms with van der Waals surface area (Å²) in [6.45, 7) is 4.00. The van der Waals surface area contributed by atoms with Crippen LogP contribution < -0.4 is 10.1 Å². The minimum Gasteiger partial charge on any atom is -0.406 e. The van der Waals surface area contributed by atoms with Crippen LogP contribution in [-0.2, 0) is 16.3 Å². The number of sulfone groups is 1. The summed E-state index contributed by atoms with van der Waals surface area (Å²) in [6.07, 6.45) is -4.76. The maximum atomic E-state index is 13.7. The van der Waals surface area contributed by atoms with E-state index in [1.54, 1.807) is 6.07 Å². The molecule has 0 aliphatic carbocycles. The van der Waals surface area contributed by atoms with Crippen LogP contribution in [0.4, 0.5) is 18.9 Å². The zero-order chi connectivity index (χ0) is 24.9. The molecule has 0 saturated carbocycles. The number of ether oxygens (including phenoxy) is 1.